The van der Waals surface area contributed by atoms with Crippen molar-refractivity contribution in [2.75, 3.05) is 11.9 Å². The summed E-state index contributed by atoms with van der Waals surface area (Å²) in [6.07, 6.45) is 4.50. The van der Waals surface area contributed by atoms with Gasteiger partial charge in [0.2, 0.25) is 0 Å². The van der Waals surface area contributed by atoms with Gasteiger partial charge in [-0.05, 0) is 43.7 Å². The molecule has 1 aromatic carbocycles. The quantitative estimate of drug-likeness (QED) is 0.727. The normalized spacial score (nSPS) is 14.1. The molecule has 2 aromatic heterocycles. The van der Waals surface area contributed by atoms with Crippen molar-refractivity contribution >= 4 is 5.82 Å². The molecule has 1 aliphatic rings. The van der Waals surface area contributed by atoms with Gasteiger partial charge in [-0.1, -0.05) is 12.1 Å². The number of rotatable bonds is 5. The van der Waals surface area contributed by atoms with E-state index < -0.39 is 0 Å². The van der Waals surface area contributed by atoms with Crippen LogP contribution < -0.4 is 5.32 Å². The van der Waals surface area contributed by atoms with Gasteiger partial charge >= 0.3 is 0 Å². The Labute approximate surface area is 164 Å². The van der Waals surface area contributed by atoms with Crippen LogP contribution in [0.15, 0.2) is 48.8 Å². The zero-order valence-electron chi connectivity index (χ0n) is 16.2. The van der Waals surface area contributed by atoms with Crippen molar-refractivity contribution in [3.05, 3.63) is 71.4 Å². The van der Waals surface area contributed by atoms with Gasteiger partial charge in [-0.15, -0.1) is 0 Å². The van der Waals surface area contributed by atoms with Crippen LogP contribution in [0.1, 0.15) is 30.7 Å². The van der Waals surface area contributed by atoms with Crippen LogP contribution in [0.5, 0.6) is 0 Å². The van der Waals surface area contributed by atoms with Gasteiger partial charge in [0.1, 0.15) is 11.6 Å². The number of aromatic nitrogens is 3. The fraction of sp³-hybridized carbons (Fsp3) is 0.318. The Bertz CT molecular complexity index is 958. The molecule has 0 amide bonds. The number of nitrogens with zero attached hydrogens (tertiary/aromatic N) is 4. The molecule has 1 aliphatic heterocycles. The molecule has 5 nitrogen and oxygen atoms in total. The maximum absolute atomic E-state index is 13.7. The average Bonchev–Trinajstić information content (AvgIpc) is 2.68. The third-order valence-electron chi connectivity index (χ3n) is 4.80. The van der Waals surface area contributed by atoms with Crippen LogP contribution in [0.3, 0.4) is 0 Å². The number of anilines is 1. The Balaban J connectivity index is 1.66. The maximum atomic E-state index is 13.7. The number of pyridine rings is 1. The first-order chi connectivity index (χ1) is 13.6. The molecule has 0 saturated carbocycles. The highest BCUT2D eigenvalue weighted by molar-refractivity contribution is 5.60. The number of benzene rings is 1. The van der Waals surface area contributed by atoms with E-state index in [1.54, 1.807) is 6.07 Å². The summed E-state index contributed by atoms with van der Waals surface area (Å²) in [6, 6.07) is 10.8. The fourth-order valence-electron chi connectivity index (χ4n) is 3.50. The fourth-order valence-corrected chi connectivity index (χ4v) is 3.50. The Morgan fingerprint density at radius 1 is 1.14 bits per heavy atom. The van der Waals surface area contributed by atoms with Crippen LogP contribution in [0.25, 0.3) is 11.4 Å². The topological polar surface area (TPSA) is 53.9 Å². The first-order valence-electron chi connectivity index (χ1n) is 9.62. The van der Waals surface area contributed by atoms with Crippen molar-refractivity contribution in [1.29, 1.82) is 0 Å². The molecule has 0 radical (unpaired) electrons. The average molecular weight is 377 g/mol. The maximum Gasteiger partial charge on any atom is 0.161 e. The minimum Gasteiger partial charge on any atom is -0.368 e. The first-order valence-corrected chi connectivity index (χ1v) is 9.62. The summed E-state index contributed by atoms with van der Waals surface area (Å²) in [6.45, 7) is 6.77. The van der Waals surface area contributed by atoms with E-state index in [1.165, 1.54) is 17.7 Å². The van der Waals surface area contributed by atoms with E-state index in [0.717, 1.165) is 43.1 Å². The Hall–Kier alpha value is -2.86. The second kappa shape index (κ2) is 8.02. The molecule has 4 rings (SSSR count). The largest absolute Gasteiger partial charge is 0.368 e. The Kier molecular flexibility index (Phi) is 5.30. The number of fused-ring (bicyclic) bond motifs is 1. The second-order valence-corrected chi connectivity index (χ2v) is 7.45. The van der Waals surface area contributed by atoms with Crippen molar-refractivity contribution in [1.82, 2.24) is 19.9 Å². The third-order valence-corrected chi connectivity index (χ3v) is 4.80. The number of hydrogen-bond acceptors (Lipinski definition) is 5. The summed E-state index contributed by atoms with van der Waals surface area (Å²) in [5.74, 6) is 1.14. The molecule has 0 saturated heterocycles. The summed E-state index contributed by atoms with van der Waals surface area (Å²) in [4.78, 5) is 16.0. The van der Waals surface area contributed by atoms with Crippen molar-refractivity contribution in [3.8, 4) is 11.4 Å². The molecular weight excluding hydrogens is 353 g/mol. The zero-order chi connectivity index (χ0) is 19.5. The molecule has 0 spiro atoms. The van der Waals surface area contributed by atoms with Gasteiger partial charge in [0.25, 0.3) is 0 Å². The van der Waals surface area contributed by atoms with Crippen molar-refractivity contribution in [2.24, 2.45) is 0 Å². The third kappa shape index (κ3) is 4.17. The van der Waals surface area contributed by atoms with Gasteiger partial charge in [0, 0.05) is 55.6 Å². The minimum atomic E-state index is -0.277. The molecule has 0 unspecified atom stereocenters. The van der Waals surface area contributed by atoms with Gasteiger partial charge in [-0.25, -0.2) is 14.4 Å². The summed E-state index contributed by atoms with van der Waals surface area (Å²) in [7, 11) is 0. The monoisotopic (exact) mass is 377 g/mol. The molecule has 3 heterocycles. The van der Waals surface area contributed by atoms with E-state index in [1.807, 2.05) is 30.6 Å². The lowest BCUT2D eigenvalue weighted by atomic mass is 10.0. The van der Waals surface area contributed by atoms with E-state index in [-0.39, 0.29) is 11.9 Å². The SMILES string of the molecule is CC(C)Nc1nc(-c2cccc(F)c2)nc2c1CN(Cc1ccncc1)CC2. The van der Waals surface area contributed by atoms with E-state index >= 15 is 0 Å². The Morgan fingerprint density at radius 3 is 2.71 bits per heavy atom. The van der Waals surface area contributed by atoms with Crippen LogP contribution >= 0.6 is 0 Å². The van der Waals surface area contributed by atoms with Crippen LogP contribution in [0.2, 0.25) is 0 Å². The summed E-state index contributed by atoms with van der Waals surface area (Å²) in [5.41, 5.74) is 4.13. The zero-order valence-corrected chi connectivity index (χ0v) is 16.2. The predicted octanol–water partition coefficient (Wildman–Crippen LogP) is 4.06. The molecule has 0 aliphatic carbocycles. The standard InChI is InChI=1S/C22H24FN5/c1-15(2)25-22-19-14-28(13-16-6-9-24-10-7-16)11-8-20(19)26-21(27-22)17-4-3-5-18(23)12-17/h3-7,9-10,12,15H,8,11,13-14H2,1-2H3,(H,25,26,27). The van der Waals surface area contributed by atoms with Crippen LogP contribution in [0.4, 0.5) is 10.2 Å². The molecule has 3 aromatic rings. The van der Waals surface area contributed by atoms with Crippen LogP contribution in [0, 0.1) is 5.82 Å². The molecule has 0 atom stereocenters. The first kappa shape index (κ1) is 18.5. The van der Waals surface area contributed by atoms with Crippen LogP contribution in [-0.2, 0) is 19.5 Å². The second-order valence-electron chi connectivity index (χ2n) is 7.45. The van der Waals surface area contributed by atoms with Crippen molar-refractivity contribution in [2.45, 2.75) is 39.4 Å². The van der Waals surface area contributed by atoms with Crippen molar-refractivity contribution in [3.63, 3.8) is 0 Å². The van der Waals surface area contributed by atoms with E-state index in [0.29, 0.717) is 11.4 Å². The highest BCUT2D eigenvalue weighted by atomic mass is 19.1. The molecule has 144 valence electrons. The number of halogens is 1. The number of nitrogens with one attached hydrogen (secondary N) is 1. The predicted molar refractivity (Wildman–Crippen MR) is 108 cm³/mol. The summed E-state index contributed by atoms with van der Waals surface area (Å²) in [5, 5.41) is 3.46. The molecular formula is C22H24FN5. The lowest BCUT2D eigenvalue weighted by Crippen LogP contribution is -2.32. The molecule has 28 heavy (non-hydrogen) atoms. The molecule has 0 bridgehead atoms. The molecule has 1 N–H and O–H groups in total. The lowest BCUT2D eigenvalue weighted by molar-refractivity contribution is 0.243. The van der Waals surface area contributed by atoms with Gasteiger partial charge in [-0.2, -0.15) is 0 Å². The van der Waals surface area contributed by atoms with Gasteiger partial charge in [0.05, 0.1) is 5.69 Å². The smallest absolute Gasteiger partial charge is 0.161 e. The van der Waals surface area contributed by atoms with Crippen LogP contribution in [-0.4, -0.2) is 32.4 Å². The van der Waals surface area contributed by atoms with Gasteiger partial charge in [-0.3, -0.25) is 9.88 Å². The molecule has 0 fully saturated rings. The molecule has 6 heteroatoms. The highest BCUT2D eigenvalue weighted by Crippen LogP contribution is 2.28. The van der Waals surface area contributed by atoms with E-state index in [4.69, 9.17) is 9.97 Å². The van der Waals surface area contributed by atoms with Gasteiger partial charge < -0.3 is 5.32 Å². The Morgan fingerprint density at radius 2 is 1.96 bits per heavy atom. The van der Waals surface area contributed by atoms with Gasteiger partial charge in [0.15, 0.2) is 5.82 Å². The lowest BCUT2D eigenvalue weighted by Gasteiger charge is -2.30. The van der Waals surface area contributed by atoms with E-state index in [2.05, 4.69) is 29.0 Å². The highest BCUT2D eigenvalue weighted by Gasteiger charge is 2.23. The van der Waals surface area contributed by atoms with Crippen molar-refractivity contribution < 1.29 is 4.39 Å². The number of hydrogen-bond donors (Lipinski definition) is 1. The van der Waals surface area contributed by atoms with E-state index in [9.17, 15) is 4.39 Å². The minimum absolute atomic E-state index is 0.245. The summed E-state index contributed by atoms with van der Waals surface area (Å²) >= 11 is 0. The summed E-state index contributed by atoms with van der Waals surface area (Å²) < 4.78 is 13.7.